The Morgan fingerprint density at radius 3 is 1.27 bits per heavy atom. The van der Waals surface area contributed by atoms with Crippen molar-refractivity contribution in [2.75, 3.05) is 13.2 Å². The van der Waals surface area contributed by atoms with Crippen LogP contribution in [0.25, 0.3) is 11.1 Å². The molecule has 1 aliphatic heterocycles. The zero-order valence-corrected chi connectivity index (χ0v) is 15.9. The lowest BCUT2D eigenvalue weighted by molar-refractivity contribution is 0.302. The number of hydrogen-bond donors (Lipinski definition) is 0. The van der Waals surface area contributed by atoms with Crippen LogP contribution < -0.4 is 9.47 Å². The molecular formula is C24H32O2. The molecule has 0 N–H and O–H groups in total. The highest BCUT2D eigenvalue weighted by Crippen LogP contribution is 2.27. The molecule has 0 radical (unpaired) electrons. The molecule has 2 aromatic rings. The highest BCUT2D eigenvalue weighted by atomic mass is 16.5. The van der Waals surface area contributed by atoms with Gasteiger partial charge in [0.05, 0.1) is 13.2 Å². The molecule has 1 heterocycles. The number of hydrogen-bond acceptors (Lipinski definition) is 2. The van der Waals surface area contributed by atoms with E-state index in [4.69, 9.17) is 9.47 Å². The third-order valence-electron chi connectivity index (χ3n) is 5.08. The molecule has 0 amide bonds. The van der Waals surface area contributed by atoms with E-state index in [-0.39, 0.29) is 0 Å². The van der Waals surface area contributed by atoms with Crippen LogP contribution in [0.15, 0.2) is 48.5 Å². The van der Waals surface area contributed by atoms with E-state index in [1.807, 2.05) is 0 Å². The van der Waals surface area contributed by atoms with Gasteiger partial charge in [0.2, 0.25) is 0 Å². The van der Waals surface area contributed by atoms with Gasteiger partial charge in [0.15, 0.2) is 0 Å². The van der Waals surface area contributed by atoms with Gasteiger partial charge in [-0.2, -0.15) is 0 Å². The zero-order valence-electron chi connectivity index (χ0n) is 15.9. The van der Waals surface area contributed by atoms with Gasteiger partial charge in [0.1, 0.15) is 11.5 Å². The predicted octanol–water partition coefficient (Wildman–Crippen LogP) is 7.03. The molecule has 0 unspecified atom stereocenters. The summed E-state index contributed by atoms with van der Waals surface area (Å²) in [7, 11) is 0. The molecule has 2 aromatic carbocycles. The van der Waals surface area contributed by atoms with Crippen LogP contribution in [0, 0.1) is 0 Å². The minimum absolute atomic E-state index is 0.812. The van der Waals surface area contributed by atoms with E-state index in [0.29, 0.717) is 0 Å². The van der Waals surface area contributed by atoms with Gasteiger partial charge >= 0.3 is 0 Å². The monoisotopic (exact) mass is 352 g/mol. The van der Waals surface area contributed by atoms with Crippen molar-refractivity contribution in [2.24, 2.45) is 0 Å². The Morgan fingerprint density at radius 2 is 0.846 bits per heavy atom. The first kappa shape index (κ1) is 18.8. The van der Waals surface area contributed by atoms with Crippen LogP contribution in [0.4, 0.5) is 0 Å². The summed E-state index contributed by atoms with van der Waals surface area (Å²) < 4.78 is 11.9. The summed E-state index contributed by atoms with van der Waals surface area (Å²) >= 11 is 0. The van der Waals surface area contributed by atoms with Gasteiger partial charge in [-0.1, -0.05) is 75.6 Å². The third-order valence-corrected chi connectivity index (χ3v) is 5.08. The minimum Gasteiger partial charge on any atom is -0.494 e. The Hall–Kier alpha value is -1.96. The van der Waals surface area contributed by atoms with Gasteiger partial charge in [-0.15, -0.1) is 0 Å². The van der Waals surface area contributed by atoms with E-state index in [1.165, 1.54) is 62.5 Å². The number of ether oxygens (including phenoxy) is 2. The summed E-state index contributed by atoms with van der Waals surface area (Å²) in [4.78, 5) is 0. The van der Waals surface area contributed by atoms with Crippen LogP contribution >= 0.6 is 0 Å². The van der Waals surface area contributed by atoms with E-state index in [0.717, 1.165) is 37.6 Å². The van der Waals surface area contributed by atoms with E-state index >= 15 is 0 Å². The van der Waals surface area contributed by atoms with Gasteiger partial charge in [0.25, 0.3) is 0 Å². The second kappa shape index (κ2) is 10.9. The van der Waals surface area contributed by atoms with Crippen LogP contribution in [0.1, 0.15) is 64.2 Å². The fourth-order valence-electron chi connectivity index (χ4n) is 3.53. The molecule has 140 valence electrons. The Balaban J connectivity index is 1.66. The van der Waals surface area contributed by atoms with Crippen LogP contribution in [-0.2, 0) is 0 Å². The van der Waals surface area contributed by atoms with Crippen molar-refractivity contribution in [1.29, 1.82) is 0 Å². The maximum absolute atomic E-state index is 5.97. The zero-order chi connectivity index (χ0) is 17.9. The summed E-state index contributed by atoms with van der Waals surface area (Å²) in [5.41, 5.74) is 2.37. The molecular weight excluding hydrogens is 320 g/mol. The molecule has 3 rings (SSSR count). The molecule has 2 nitrogen and oxygen atoms in total. The summed E-state index contributed by atoms with van der Waals surface area (Å²) in [6.07, 6.45) is 13.0. The third kappa shape index (κ3) is 6.40. The van der Waals surface area contributed by atoms with Crippen molar-refractivity contribution in [1.82, 2.24) is 0 Å². The molecule has 0 spiro atoms. The van der Waals surface area contributed by atoms with Crippen molar-refractivity contribution < 1.29 is 9.47 Å². The van der Waals surface area contributed by atoms with E-state index in [2.05, 4.69) is 48.5 Å². The second-order valence-corrected chi connectivity index (χ2v) is 7.29. The van der Waals surface area contributed by atoms with Crippen LogP contribution in [0.5, 0.6) is 11.5 Å². The molecule has 0 aliphatic carbocycles. The maximum Gasteiger partial charge on any atom is 0.119 e. The number of fused-ring (bicyclic) bond motifs is 5. The normalized spacial score (nSPS) is 17.5. The second-order valence-electron chi connectivity index (χ2n) is 7.29. The SMILES string of the molecule is c1cc2cc(c1)-c1cccc(c1)OCCCCCCCCCCCCO2. The molecule has 4 bridgehead atoms. The van der Waals surface area contributed by atoms with Gasteiger partial charge in [0, 0.05) is 0 Å². The first-order valence-electron chi connectivity index (χ1n) is 10.4. The molecule has 0 saturated carbocycles. The Bertz CT molecular complexity index is 593. The van der Waals surface area contributed by atoms with Crippen LogP contribution in [-0.4, -0.2) is 13.2 Å². The first-order valence-corrected chi connectivity index (χ1v) is 10.4. The van der Waals surface area contributed by atoms with Crippen molar-refractivity contribution in [3.8, 4) is 22.6 Å². The van der Waals surface area contributed by atoms with Crippen LogP contribution in [0.2, 0.25) is 0 Å². The molecule has 1 aliphatic rings. The lowest BCUT2D eigenvalue weighted by Gasteiger charge is -2.11. The fraction of sp³-hybridized carbons (Fsp3) is 0.500. The molecule has 2 heteroatoms. The topological polar surface area (TPSA) is 18.5 Å². The van der Waals surface area contributed by atoms with E-state index in [1.54, 1.807) is 0 Å². The average molecular weight is 353 g/mol. The quantitative estimate of drug-likeness (QED) is 0.507. The van der Waals surface area contributed by atoms with Gasteiger partial charge in [-0.25, -0.2) is 0 Å². The highest BCUT2D eigenvalue weighted by molar-refractivity contribution is 5.66. The minimum atomic E-state index is 0.812. The lowest BCUT2D eigenvalue weighted by atomic mass is 10.1. The summed E-state index contributed by atoms with van der Waals surface area (Å²) in [6.45, 7) is 1.62. The summed E-state index contributed by atoms with van der Waals surface area (Å²) in [5.74, 6) is 1.92. The highest BCUT2D eigenvalue weighted by Gasteiger charge is 2.03. The standard InChI is InChI=1S/C24H32O2/c1-2-4-6-8-10-18-26-24-16-12-14-22(20-24)21-13-11-15-23(19-21)25-17-9-7-5-3-1/h11-16,19-20H,1-10,17-18H2. The van der Waals surface area contributed by atoms with Gasteiger partial charge in [-0.05, 0) is 48.2 Å². The summed E-state index contributed by atoms with van der Waals surface area (Å²) in [5, 5.41) is 0. The molecule has 0 atom stereocenters. The van der Waals surface area contributed by atoms with Crippen molar-refractivity contribution in [2.45, 2.75) is 64.2 Å². The molecule has 26 heavy (non-hydrogen) atoms. The Labute approximate surface area is 158 Å². The lowest BCUT2D eigenvalue weighted by Crippen LogP contribution is -1.98. The predicted molar refractivity (Wildman–Crippen MR) is 109 cm³/mol. The van der Waals surface area contributed by atoms with Crippen LogP contribution in [0.3, 0.4) is 0 Å². The molecule has 0 saturated heterocycles. The fourth-order valence-corrected chi connectivity index (χ4v) is 3.53. The number of benzene rings is 2. The maximum atomic E-state index is 5.97. The average Bonchev–Trinajstić information content (AvgIpc) is 2.68. The molecule has 0 fully saturated rings. The van der Waals surface area contributed by atoms with Gasteiger partial charge in [-0.3, -0.25) is 0 Å². The molecule has 0 aromatic heterocycles. The first-order chi connectivity index (χ1) is 12.9. The van der Waals surface area contributed by atoms with E-state index < -0.39 is 0 Å². The number of rotatable bonds is 0. The van der Waals surface area contributed by atoms with Crippen molar-refractivity contribution in [3.63, 3.8) is 0 Å². The van der Waals surface area contributed by atoms with Crippen molar-refractivity contribution in [3.05, 3.63) is 48.5 Å². The smallest absolute Gasteiger partial charge is 0.119 e. The summed E-state index contributed by atoms with van der Waals surface area (Å²) in [6, 6.07) is 16.8. The largest absolute Gasteiger partial charge is 0.494 e. The van der Waals surface area contributed by atoms with Gasteiger partial charge < -0.3 is 9.47 Å². The Kier molecular flexibility index (Phi) is 7.89. The van der Waals surface area contributed by atoms with Crippen molar-refractivity contribution >= 4 is 0 Å². The van der Waals surface area contributed by atoms with E-state index in [9.17, 15) is 0 Å². The Morgan fingerprint density at radius 1 is 0.462 bits per heavy atom.